The third-order valence-corrected chi connectivity index (χ3v) is 3.93. The van der Waals surface area contributed by atoms with Crippen molar-refractivity contribution in [2.24, 2.45) is 0 Å². The van der Waals surface area contributed by atoms with Crippen LogP contribution in [-0.4, -0.2) is 15.9 Å². The Morgan fingerprint density at radius 3 is 2.36 bits per heavy atom. The van der Waals surface area contributed by atoms with E-state index in [2.05, 4.69) is 4.90 Å². The number of hydrogen-bond donors (Lipinski definition) is 0. The molecule has 2 aromatic carbocycles. The first kappa shape index (κ1) is 14.7. The largest absolute Gasteiger partial charge is 0.292 e. The molecule has 0 saturated heterocycles. The summed E-state index contributed by atoms with van der Waals surface area (Å²) < 4.78 is 13.8. The average molecular weight is 300 g/mol. The average Bonchev–Trinajstić information content (AvgIpc) is 3.34. The van der Waals surface area contributed by atoms with Gasteiger partial charge in [-0.05, 0) is 24.5 Å². The minimum absolute atomic E-state index is 0.0934. The molecule has 0 amide bonds. The summed E-state index contributed by atoms with van der Waals surface area (Å²) >= 11 is 0. The third kappa shape index (κ3) is 3.49. The third-order valence-electron chi connectivity index (χ3n) is 3.93. The smallest absolute Gasteiger partial charge is 0.269 e. The lowest BCUT2D eigenvalue weighted by molar-refractivity contribution is -0.384. The Morgan fingerprint density at radius 2 is 1.77 bits per heavy atom. The van der Waals surface area contributed by atoms with E-state index in [-0.39, 0.29) is 11.5 Å². The van der Waals surface area contributed by atoms with Crippen LogP contribution in [0.4, 0.5) is 10.1 Å². The van der Waals surface area contributed by atoms with Gasteiger partial charge in [-0.25, -0.2) is 4.39 Å². The molecule has 3 rings (SSSR count). The van der Waals surface area contributed by atoms with Gasteiger partial charge in [0.15, 0.2) is 0 Å². The van der Waals surface area contributed by atoms with Crippen molar-refractivity contribution in [3.8, 4) is 0 Å². The van der Waals surface area contributed by atoms with Gasteiger partial charge in [-0.1, -0.05) is 30.3 Å². The summed E-state index contributed by atoms with van der Waals surface area (Å²) in [7, 11) is 0. The minimum Gasteiger partial charge on any atom is -0.292 e. The molecule has 1 aliphatic rings. The predicted molar refractivity (Wildman–Crippen MR) is 81.8 cm³/mol. The van der Waals surface area contributed by atoms with E-state index in [4.69, 9.17) is 0 Å². The first-order valence-electron chi connectivity index (χ1n) is 7.34. The zero-order chi connectivity index (χ0) is 15.5. The van der Waals surface area contributed by atoms with Gasteiger partial charge < -0.3 is 0 Å². The van der Waals surface area contributed by atoms with Gasteiger partial charge >= 0.3 is 0 Å². The fraction of sp³-hybridized carbons (Fsp3) is 0.294. The molecule has 0 aliphatic heterocycles. The molecule has 0 N–H and O–H groups in total. The maximum absolute atomic E-state index is 13.8. The normalized spacial score (nSPS) is 14.3. The highest BCUT2D eigenvalue weighted by atomic mass is 19.1. The summed E-state index contributed by atoms with van der Waals surface area (Å²) in [4.78, 5) is 12.5. The molecule has 0 radical (unpaired) electrons. The summed E-state index contributed by atoms with van der Waals surface area (Å²) in [6.07, 6.45) is 2.25. The number of rotatable bonds is 6. The Kier molecular flexibility index (Phi) is 4.15. The number of halogens is 1. The molecule has 5 heteroatoms. The van der Waals surface area contributed by atoms with E-state index in [0.29, 0.717) is 24.7 Å². The van der Waals surface area contributed by atoms with E-state index in [9.17, 15) is 14.5 Å². The Hall–Kier alpha value is -2.27. The van der Waals surface area contributed by atoms with Crippen molar-refractivity contribution in [1.82, 2.24) is 4.90 Å². The lowest BCUT2D eigenvalue weighted by Gasteiger charge is -2.22. The van der Waals surface area contributed by atoms with Gasteiger partial charge in [0.05, 0.1) is 4.92 Å². The molecule has 1 saturated carbocycles. The van der Waals surface area contributed by atoms with Crippen molar-refractivity contribution in [2.75, 3.05) is 0 Å². The molecule has 4 nitrogen and oxygen atoms in total. The molecule has 114 valence electrons. The van der Waals surface area contributed by atoms with Gasteiger partial charge in [-0.2, -0.15) is 0 Å². The Bertz CT molecular complexity index is 669. The number of non-ortho nitro benzene ring substituents is 1. The van der Waals surface area contributed by atoms with Gasteiger partial charge in [0, 0.05) is 36.8 Å². The molecule has 2 aromatic rings. The molecule has 1 fully saturated rings. The standard InChI is InChI=1S/C17H17FN2O2/c18-17-4-2-1-3-14(17)12-19(15-9-10-15)11-13-5-7-16(8-6-13)20(21)22/h1-8,15H,9-12H2. The molecule has 22 heavy (non-hydrogen) atoms. The van der Waals surface area contributed by atoms with E-state index in [0.717, 1.165) is 18.4 Å². The van der Waals surface area contributed by atoms with Crippen molar-refractivity contribution in [2.45, 2.75) is 32.0 Å². The van der Waals surface area contributed by atoms with E-state index < -0.39 is 4.92 Å². The van der Waals surface area contributed by atoms with Crippen LogP contribution in [0.2, 0.25) is 0 Å². The van der Waals surface area contributed by atoms with Crippen LogP contribution < -0.4 is 0 Å². The minimum atomic E-state index is -0.401. The summed E-state index contributed by atoms with van der Waals surface area (Å²) in [6.45, 7) is 1.24. The van der Waals surface area contributed by atoms with Crippen LogP contribution in [0.25, 0.3) is 0 Å². The molecule has 0 heterocycles. The van der Waals surface area contributed by atoms with Crippen LogP contribution in [0.3, 0.4) is 0 Å². The molecule has 1 aliphatic carbocycles. The van der Waals surface area contributed by atoms with Gasteiger partial charge in [0.25, 0.3) is 5.69 Å². The van der Waals surface area contributed by atoms with Crippen LogP contribution in [-0.2, 0) is 13.1 Å². The SMILES string of the molecule is O=[N+]([O-])c1ccc(CN(Cc2ccccc2F)C2CC2)cc1. The lowest BCUT2D eigenvalue weighted by Crippen LogP contribution is -2.25. The molecule has 0 aromatic heterocycles. The second kappa shape index (κ2) is 6.23. The second-order valence-corrected chi connectivity index (χ2v) is 5.65. The fourth-order valence-electron chi connectivity index (χ4n) is 2.56. The second-order valence-electron chi connectivity index (χ2n) is 5.65. The number of hydrogen-bond acceptors (Lipinski definition) is 3. The maximum Gasteiger partial charge on any atom is 0.269 e. The van der Waals surface area contributed by atoms with Crippen LogP contribution in [0.15, 0.2) is 48.5 Å². The van der Waals surface area contributed by atoms with Crippen molar-refractivity contribution in [1.29, 1.82) is 0 Å². The molecular formula is C17H17FN2O2. The highest BCUT2D eigenvalue weighted by Crippen LogP contribution is 2.30. The van der Waals surface area contributed by atoms with Crippen LogP contribution >= 0.6 is 0 Å². The van der Waals surface area contributed by atoms with Gasteiger partial charge in [0.2, 0.25) is 0 Å². The van der Waals surface area contributed by atoms with Crippen LogP contribution in [0.5, 0.6) is 0 Å². The lowest BCUT2D eigenvalue weighted by atomic mass is 10.1. The number of nitrogens with zero attached hydrogens (tertiary/aromatic N) is 2. The molecule has 0 unspecified atom stereocenters. The molecule has 0 bridgehead atoms. The quantitative estimate of drug-likeness (QED) is 0.600. The monoisotopic (exact) mass is 300 g/mol. The van der Waals surface area contributed by atoms with Crippen molar-refractivity contribution in [3.63, 3.8) is 0 Å². The molecule has 0 atom stereocenters. The Balaban J connectivity index is 1.72. The summed E-state index contributed by atoms with van der Waals surface area (Å²) in [5.41, 5.74) is 1.79. The van der Waals surface area contributed by atoms with Crippen LogP contribution in [0.1, 0.15) is 24.0 Å². The summed E-state index contributed by atoms with van der Waals surface area (Å²) in [6, 6.07) is 13.9. The maximum atomic E-state index is 13.8. The number of benzene rings is 2. The topological polar surface area (TPSA) is 46.4 Å². The van der Waals surface area contributed by atoms with Gasteiger partial charge in [-0.15, -0.1) is 0 Å². The summed E-state index contributed by atoms with van der Waals surface area (Å²) in [5.74, 6) is -0.183. The summed E-state index contributed by atoms with van der Waals surface area (Å²) in [5, 5.41) is 10.7. The predicted octanol–water partition coefficient (Wildman–Crippen LogP) is 3.90. The highest BCUT2D eigenvalue weighted by molar-refractivity contribution is 5.33. The fourth-order valence-corrected chi connectivity index (χ4v) is 2.56. The zero-order valence-electron chi connectivity index (χ0n) is 12.1. The first-order chi connectivity index (χ1) is 10.6. The van der Waals surface area contributed by atoms with E-state index in [1.54, 1.807) is 24.3 Å². The van der Waals surface area contributed by atoms with E-state index >= 15 is 0 Å². The van der Waals surface area contributed by atoms with E-state index in [1.165, 1.54) is 18.2 Å². The van der Waals surface area contributed by atoms with Gasteiger partial charge in [-0.3, -0.25) is 15.0 Å². The Labute approximate surface area is 128 Å². The number of nitro groups is 1. The van der Waals surface area contributed by atoms with Gasteiger partial charge in [0.1, 0.15) is 5.82 Å². The van der Waals surface area contributed by atoms with Crippen LogP contribution in [0, 0.1) is 15.9 Å². The van der Waals surface area contributed by atoms with Crippen molar-refractivity contribution >= 4 is 5.69 Å². The Morgan fingerprint density at radius 1 is 1.09 bits per heavy atom. The molecular weight excluding hydrogens is 283 g/mol. The number of nitro benzene ring substituents is 1. The highest BCUT2D eigenvalue weighted by Gasteiger charge is 2.29. The van der Waals surface area contributed by atoms with E-state index in [1.807, 2.05) is 6.07 Å². The zero-order valence-corrected chi connectivity index (χ0v) is 12.1. The van der Waals surface area contributed by atoms with Crippen molar-refractivity contribution < 1.29 is 9.31 Å². The first-order valence-corrected chi connectivity index (χ1v) is 7.34. The van der Waals surface area contributed by atoms with Crippen molar-refractivity contribution in [3.05, 3.63) is 75.6 Å². The molecule has 0 spiro atoms.